The van der Waals surface area contributed by atoms with Gasteiger partial charge in [0.1, 0.15) is 12.0 Å². The smallest absolute Gasteiger partial charge is 0.287 e. The monoisotopic (exact) mass is 466 g/mol. The van der Waals surface area contributed by atoms with E-state index in [1.165, 1.54) is 35.1 Å². The van der Waals surface area contributed by atoms with Gasteiger partial charge in [-0.15, -0.1) is 0 Å². The zero-order valence-corrected chi connectivity index (χ0v) is 21.5. The van der Waals surface area contributed by atoms with E-state index in [4.69, 9.17) is 15.9 Å². The lowest BCUT2D eigenvalue weighted by Gasteiger charge is -2.42. The highest BCUT2D eigenvalue weighted by Gasteiger charge is 2.37. The van der Waals surface area contributed by atoms with Crippen molar-refractivity contribution in [3.8, 4) is 0 Å². The van der Waals surface area contributed by atoms with Crippen LogP contribution < -0.4 is 16.8 Å². The number of carbonyl (C=O) groups is 1. The quantitative estimate of drug-likeness (QED) is 0.555. The van der Waals surface area contributed by atoms with Gasteiger partial charge in [0, 0.05) is 26.1 Å². The van der Waals surface area contributed by atoms with Crippen LogP contribution in [0.2, 0.25) is 0 Å². The summed E-state index contributed by atoms with van der Waals surface area (Å²) in [5.41, 5.74) is 17.4. The summed E-state index contributed by atoms with van der Waals surface area (Å²) in [6, 6.07) is 8.49. The fourth-order valence-corrected chi connectivity index (χ4v) is 5.52. The number of nitrogens with one attached hydrogen (secondary N) is 1. The molecular formula is C28H42N4O2. The maximum absolute atomic E-state index is 12.7. The minimum atomic E-state index is -0.395. The van der Waals surface area contributed by atoms with Gasteiger partial charge >= 0.3 is 0 Å². The number of nitrogens with two attached hydrogens (primary N) is 2. The average Bonchev–Trinajstić information content (AvgIpc) is 3.25. The molecule has 1 saturated heterocycles. The Labute approximate surface area is 204 Å². The Morgan fingerprint density at radius 2 is 1.71 bits per heavy atom. The lowest BCUT2D eigenvalue weighted by molar-refractivity contribution is 0.0897. The predicted octanol–water partition coefficient (Wildman–Crippen LogP) is 4.17. The molecule has 0 radical (unpaired) electrons. The predicted molar refractivity (Wildman–Crippen MR) is 137 cm³/mol. The Bertz CT molecular complexity index is 1030. The molecule has 2 aliphatic rings. The first-order valence-corrected chi connectivity index (χ1v) is 12.7. The molecule has 6 nitrogen and oxygen atoms in total. The minimum absolute atomic E-state index is 0.144. The molecule has 0 spiro atoms. The Hall–Kier alpha value is -2.15. The lowest BCUT2D eigenvalue weighted by Crippen LogP contribution is -2.52. The highest BCUT2D eigenvalue weighted by atomic mass is 16.3. The van der Waals surface area contributed by atoms with E-state index in [0.29, 0.717) is 24.6 Å². The van der Waals surface area contributed by atoms with Gasteiger partial charge in [0.15, 0.2) is 5.76 Å². The van der Waals surface area contributed by atoms with E-state index >= 15 is 0 Å². The zero-order valence-electron chi connectivity index (χ0n) is 21.5. The molecule has 1 aliphatic heterocycles. The SMILES string of the molecule is Cc1cc2c(cc1Cc1ccc(C(=O)NCC3CCN(C(N)N)CC3)o1)C(C)(C)CCC2(C)C. The molecule has 186 valence electrons. The summed E-state index contributed by atoms with van der Waals surface area (Å²) in [4.78, 5) is 14.8. The van der Waals surface area contributed by atoms with E-state index in [1.807, 2.05) is 6.07 Å². The lowest BCUT2D eigenvalue weighted by atomic mass is 9.62. The first kappa shape index (κ1) is 25.0. The second kappa shape index (κ2) is 9.48. The first-order valence-electron chi connectivity index (χ1n) is 12.7. The fraction of sp³-hybridized carbons (Fsp3) is 0.607. The van der Waals surface area contributed by atoms with Crippen LogP contribution in [0.25, 0.3) is 0 Å². The van der Waals surface area contributed by atoms with Crippen molar-refractivity contribution in [2.24, 2.45) is 17.4 Å². The van der Waals surface area contributed by atoms with Gasteiger partial charge in [-0.3, -0.25) is 9.69 Å². The number of aryl methyl sites for hydroxylation is 1. The molecule has 0 bridgehead atoms. The maximum Gasteiger partial charge on any atom is 0.287 e. The number of likely N-dealkylation sites (tertiary alicyclic amines) is 1. The summed E-state index contributed by atoms with van der Waals surface area (Å²) in [7, 11) is 0. The molecular weight excluding hydrogens is 424 g/mol. The van der Waals surface area contributed by atoms with E-state index in [-0.39, 0.29) is 16.7 Å². The Kier molecular flexibility index (Phi) is 6.96. The van der Waals surface area contributed by atoms with Gasteiger partial charge in [0.25, 0.3) is 5.91 Å². The largest absolute Gasteiger partial charge is 0.456 e. The molecule has 34 heavy (non-hydrogen) atoms. The average molecular weight is 467 g/mol. The van der Waals surface area contributed by atoms with Crippen LogP contribution >= 0.6 is 0 Å². The molecule has 0 unspecified atom stereocenters. The molecule has 1 aromatic heterocycles. The van der Waals surface area contributed by atoms with E-state index in [9.17, 15) is 4.79 Å². The molecule has 6 heteroatoms. The summed E-state index contributed by atoms with van der Waals surface area (Å²) >= 11 is 0. The standard InChI is InChI=1S/C28H42N4O2/c1-18-14-22-23(28(4,5)11-10-27(22,2)3)16-20(18)15-21-6-7-24(34-21)25(33)31-17-19-8-12-32(13-9-19)26(29)30/h6-7,14,16,19,26H,8-13,15,17,29-30H2,1-5H3,(H,31,33). The first-order chi connectivity index (χ1) is 16.0. The fourth-order valence-electron chi connectivity index (χ4n) is 5.52. The van der Waals surface area contributed by atoms with Crippen LogP contribution in [0.3, 0.4) is 0 Å². The van der Waals surface area contributed by atoms with Crippen molar-refractivity contribution in [2.75, 3.05) is 19.6 Å². The number of furan rings is 1. The van der Waals surface area contributed by atoms with Gasteiger partial charge in [-0.2, -0.15) is 0 Å². The van der Waals surface area contributed by atoms with Crippen LogP contribution in [0.4, 0.5) is 0 Å². The molecule has 2 aromatic rings. The number of carbonyl (C=O) groups excluding carboxylic acids is 1. The molecule has 5 N–H and O–H groups in total. The van der Waals surface area contributed by atoms with Gasteiger partial charge in [-0.1, -0.05) is 39.8 Å². The second-order valence-electron chi connectivity index (χ2n) is 11.7. The van der Waals surface area contributed by atoms with Crippen LogP contribution in [0.1, 0.15) is 91.9 Å². The molecule has 4 rings (SSSR count). The van der Waals surface area contributed by atoms with Crippen molar-refractivity contribution in [1.82, 2.24) is 10.2 Å². The molecule has 0 atom stereocenters. The van der Waals surface area contributed by atoms with Crippen molar-refractivity contribution in [2.45, 2.75) is 83.8 Å². The highest BCUT2D eigenvalue weighted by Crippen LogP contribution is 2.46. The minimum Gasteiger partial charge on any atom is -0.456 e. The van der Waals surface area contributed by atoms with Gasteiger partial charge in [0.2, 0.25) is 0 Å². The molecule has 2 heterocycles. The van der Waals surface area contributed by atoms with E-state index in [1.54, 1.807) is 6.07 Å². The van der Waals surface area contributed by atoms with Crippen LogP contribution in [0, 0.1) is 12.8 Å². The number of amides is 1. The number of rotatable bonds is 6. The number of hydrogen-bond acceptors (Lipinski definition) is 5. The van der Waals surface area contributed by atoms with Crippen LogP contribution in [-0.4, -0.2) is 36.7 Å². The summed E-state index contributed by atoms with van der Waals surface area (Å²) in [5.74, 6) is 1.51. The van der Waals surface area contributed by atoms with Crippen molar-refractivity contribution >= 4 is 5.91 Å². The second-order valence-corrected chi connectivity index (χ2v) is 11.7. The maximum atomic E-state index is 12.7. The third-order valence-electron chi connectivity index (χ3n) is 8.18. The molecule has 1 fully saturated rings. The number of piperidine rings is 1. The van der Waals surface area contributed by atoms with E-state index in [0.717, 1.165) is 31.7 Å². The molecule has 1 aromatic carbocycles. The van der Waals surface area contributed by atoms with E-state index in [2.05, 4.69) is 57.0 Å². The molecule has 0 saturated carbocycles. The van der Waals surface area contributed by atoms with Gasteiger partial charge < -0.3 is 21.2 Å². The van der Waals surface area contributed by atoms with Crippen LogP contribution in [0.15, 0.2) is 28.7 Å². The van der Waals surface area contributed by atoms with Gasteiger partial charge in [-0.05, 0) is 83.7 Å². The van der Waals surface area contributed by atoms with Gasteiger partial charge in [0.05, 0.1) is 0 Å². The van der Waals surface area contributed by atoms with Crippen LogP contribution in [-0.2, 0) is 17.3 Å². The summed E-state index contributed by atoms with van der Waals surface area (Å²) in [6.45, 7) is 14.0. The summed E-state index contributed by atoms with van der Waals surface area (Å²) < 4.78 is 5.98. The summed E-state index contributed by atoms with van der Waals surface area (Å²) in [6.07, 6.45) is 4.67. The third kappa shape index (κ3) is 5.24. The van der Waals surface area contributed by atoms with Crippen molar-refractivity contribution in [1.29, 1.82) is 0 Å². The number of hydrogen-bond donors (Lipinski definition) is 3. The van der Waals surface area contributed by atoms with Crippen molar-refractivity contribution < 1.29 is 9.21 Å². The molecule has 1 aliphatic carbocycles. The van der Waals surface area contributed by atoms with Crippen molar-refractivity contribution in [3.05, 3.63) is 58.0 Å². The number of fused-ring (bicyclic) bond motifs is 1. The van der Waals surface area contributed by atoms with Crippen molar-refractivity contribution in [3.63, 3.8) is 0 Å². The third-order valence-corrected chi connectivity index (χ3v) is 8.18. The number of nitrogens with zero attached hydrogens (tertiary/aromatic N) is 1. The Balaban J connectivity index is 1.40. The van der Waals surface area contributed by atoms with E-state index < -0.39 is 6.29 Å². The summed E-state index contributed by atoms with van der Waals surface area (Å²) in [5, 5.41) is 3.05. The molecule has 1 amide bonds. The zero-order chi connectivity index (χ0) is 24.7. The Morgan fingerprint density at radius 3 is 2.32 bits per heavy atom. The normalized spacial score (nSPS) is 20.4. The van der Waals surface area contributed by atoms with Crippen LogP contribution in [0.5, 0.6) is 0 Å². The topological polar surface area (TPSA) is 97.5 Å². The number of benzene rings is 1. The highest BCUT2D eigenvalue weighted by molar-refractivity contribution is 5.91. The van der Waals surface area contributed by atoms with Gasteiger partial charge in [-0.25, -0.2) is 0 Å². The Morgan fingerprint density at radius 1 is 1.09 bits per heavy atom.